The molecular formula is C18H25BN2O2S. The maximum Gasteiger partial charge on any atom is 0.234 e. The summed E-state index contributed by atoms with van der Waals surface area (Å²) in [7, 11) is 7.73. The maximum atomic E-state index is 8.00. The summed E-state index contributed by atoms with van der Waals surface area (Å²) in [5.74, 6) is 2.53. The van der Waals surface area contributed by atoms with Crippen LogP contribution in [0, 0.1) is 5.92 Å². The lowest BCUT2D eigenvalue weighted by atomic mass is 10.1. The molecule has 3 rings (SSSR count). The first-order valence-corrected chi connectivity index (χ1v) is 8.48. The Labute approximate surface area is 150 Å². The highest BCUT2D eigenvalue weighted by Crippen LogP contribution is 2.29. The molecule has 1 aromatic heterocycles. The molecule has 24 heavy (non-hydrogen) atoms. The van der Waals surface area contributed by atoms with Gasteiger partial charge in [0, 0.05) is 29.1 Å². The van der Waals surface area contributed by atoms with Crippen molar-refractivity contribution in [1.82, 2.24) is 4.48 Å². The molecule has 1 aliphatic rings. The van der Waals surface area contributed by atoms with Crippen LogP contribution in [0.1, 0.15) is 26.8 Å². The van der Waals surface area contributed by atoms with E-state index in [1.807, 2.05) is 36.9 Å². The minimum absolute atomic E-state index is 0. The minimum Gasteiger partial charge on any atom is -0.497 e. The Morgan fingerprint density at radius 1 is 1.46 bits per heavy atom. The topological polar surface area (TPSA) is 43.6 Å². The van der Waals surface area contributed by atoms with Crippen LogP contribution in [0.25, 0.3) is 10.9 Å². The zero-order valence-corrected chi connectivity index (χ0v) is 14.6. The fourth-order valence-electron chi connectivity index (χ4n) is 2.61. The van der Waals surface area contributed by atoms with Crippen LogP contribution in [0.15, 0.2) is 29.4 Å². The first-order chi connectivity index (χ1) is 11.1. The van der Waals surface area contributed by atoms with Gasteiger partial charge in [0.15, 0.2) is 0 Å². The van der Waals surface area contributed by atoms with Crippen LogP contribution in [0.5, 0.6) is 5.75 Å². The lowest BCUT2D eigenvalue weighted by Gasteiger charge is -2.08. The number of carbonyl (C=O) groups is 1. The van der Waals surface area contributed by atoms with Crippen LogP contribution in [0.4, 0.5) is 0 Å². The summed E-state index contributed by atoms with van der Waals surface area (Å²) in [4.78, 5) is 12.8. The van der Waals surface area contributed by atoms with Gasteiger partial charge >= 0.3 is 0 Å². The summed E-state index contributed by atoms with van der Waals surface area (Å²) < 4.78 is 6.94. The number of hydrogen-bond donors (Lipinski definition) is 0. The lowest BCUT2D eigenvalue weighted by Crippen LogP contribution is -2.11. The highest BCUT2D eigenvalue weighted by molar-refractivity contribution is 8.14. The molecule has 1 unspecified atom stereocenters. The predicted molar refractivity (Wildman–Crippen MR) is 106 cm³/mol. The van der Waals surface area contributed by atoms with Gasteiger partial charge in [-0.1, -0.05) is 21.3 Å². The van der Waals surface area contributed by atoms with Crippen LogP contribution < -0.4 is 4.74 Å². The smallest absolute Gasteiger partial charge is 0.234 e. The fourth-order valence-corrected chi connectivity index (χ4v) is 3.90. The average molecular weight is 344 g/mol. The van der Waals surface area contributed by atoms with Gasteiger partial charge in [-0.05, 0) is 29.8 Å². The van der Waals surface area contributed by atoms with Crippen LogP contribution in [0.3, 0.4) is 0 Å². The van der Waals surface area contributed by atoms with Crippen molar-refractivity contribution in [3.8, 4) is 5.75 Å². The van der Waals surface area contributed by atoms with E-state index in [4.69, 9.17) is 22.5 Å². The molecule has 128 valence electrons. The number of thioether (sulfide) groups is 1. The quantitative estimate of drug-likeness (QED) is 0.794. The Kier molecular flexibility index (Phi) is 7.61. The van der Waals surface area contributed by atoms with Crippen molar-refractivity contribution in [3.05, 3.63) is 30.0 Å². The molecule has 1 aliphatic heterocycles. The molecule has 0 saturated heterocycles. The summed E-state index contributed by atoms with van der Waals surface area (Å²) in [6.45, 7) is 6.46. The van der Waals surface area contributed by atoms with Crippen LogP contribution in [-0.2, 0) is 11.2 Å². The Bertz CT molecular complexity index is 712. The normalized spacial score (nSPS) is 16.3. The van der Waals surface area contributed by atoms with Crippen molar-refractivity contribution in [2.45, 2.75) is 33.7 Å². The third-order valence-electron chi connectivity index (χ3n) is 3.97. The molecule has 0 N–H and O–H groups in total. The summed E-state index contributed by atoms with van der Waals surface area (Å²) in [5.41, 5.74) is 2.22. The number of carbonyl (C=O) groups excluding carboxylic acids is 1. The number of aromatic nitrogens is 1. The van der Waals surface area contributed by atoms with Gasteiger partial charge in [0.1, 0.15) is 12.5 Å². The number of benzene rings is 1. The monoisotopic (exact) mass is 344 g/mol. The molecule has 1 aromatic carbocycles. The standard InChI is InChI=1S/C16H19BN2OS.CH2O.CH4/c1-10(2)14-9-21-16(18-14)6-11-8-19(17)15-7-12(20-3)4-5-13(11)15;1-2;/h4-5,7-8,10,14H,6,9H2,1-3H3;1H2;1H4. The largest absolute Gasteiger partial charge is 0.497 e. The second-order valence-corrected chi connectivity index (χ2v) is 6.86. The predicted octanol–water partition coefficient (Wildman–Crippen LogP) is 3.75. The first-order valence-electron chi connectivity index (χ1n) is 7.50. The zero-order valence-electron chi connectivity index (χ0n) is 13.8. The number of fused-ring (bicyclic) bond motifs is 1. The van der Waals surface area contributed by atoms with Crippen molar-refractivity contribution in [3.63, 3.8) is 0 Å². The van der Waals surface area contributed by atoms with Crippen molar-refractivity contribution in [2.24, 2.45) is 10.9 Å². The van der Waals surface area contributed by atoms with Crippen LogP contribution >= 0.6 is 11.8 Å². The maximum absolute atomic E-state index is 8.00. The second-order valence-electron chi connectivity index (χ2n) is 5.77. The van der Waals surface area contributed by atoms with Crippen LogP contribution in [0.2, 0.25) is 0 Å². The van der Waals surface area contributed by atoms with Gasteiger partial charge in [0.25, 0.3) is 0 Å². The molecule has 0 aliphatic carbocycles. The molecule has 0 amide bonds. The summed E-state index contributed by atoms with van der Waals surface area (Å²) in [5, 5.41) is 2.40. The number of hydrogen-bond acceptors (Lipinski definition) is 4. The van der Waals surface area contributed by atoms with E-state index in [0.29, 0.717) is 12.0 Å². The highest BCUT2D eigenvalue weighted by atomic mass is 32.2. The van der Waals surface area contributed by atoms with Crippen molar-refractivity contribution < 1.29 is 9.53 Å². The molecule has 6 heteroatoms. The number of methoxy groups -OCH3 is 1. The third-order valence-corrected chi connectivity index (χ3v) is 5.06. The molecule has 1 atom stereocenters. The number of aliphatic imine (C=N–C) groups is 1. The van der Waals surface area contributed by atoms with Gasteiger partial charge in [0.2, 0.25) is 7.98 Å². The Hall–Kier alpha value is -1.69. The van der Waals surface area contributed by atoms with E-state index < -0.39 is 0 Å². The van der Waals surface area contributed by atoms with Crippen molar-refractivity contribution >= 4 is 42.5 Å². The second kappa shape index (κ2) is 8.97. The molecule has 2 radical (unpaired) electrons. The number of rotatable bonds is 4. The average Bonchev–Trinajstić information content (AvgIpc) is 3.15. The van der Waals surface area contributed by atoms with Gasteiger partial charge in [-0.15, -0.1) is 11.8 Å². The summed E-state index contributed by atoms with van der Waals surface area (Å²) in [6.07, 6.45) is 2.86. The fraction of sp³-hybridized carbons (Fsp3) is 0.444. The molecule has 0 fully saturated rings. The van der Waals surface area contributed by atoms with E-state index in [1.165, 1.54) is 16.0 Å². The van der Waals surface area contributed by atoms with E-state index in [-0.39, 0.29) is 7.43 Å². The van der Waals surface area contributed by atoms with Gasteiger partial charge < -0.3 is 14.0 Å². The molecule has 0 saturated carbocycles. The highest BCUT2D eigenvalue weighted by Gasteiger charge is 2.22. The van der Waals surface area contributed by atoms with Crippen molar-refractivity contribution in [2.75, 3.05) is 12.9 Å². The molecule has 0 spiro atoms. The molecule has 0 bridgehead atoms. The molecule has 2 heterocycles. The van der Waals surface area contributed by atoms with Crippen LogP contribution in [-0.4, -0.2) is 43.2 Å². The summed E-state index contributed by atoms with van der Waals surface area (Å²) in [6, 6.07) is 6.48. The third kappa shape index (κ3) is 4.23. The Morgan fingerprint density at radius 2 is 2.17 bits per heavy atom. The molecular weight excluding hydrogens is 319 g/mol. The zero-order chi connectivity index (χ0) is 17.0. The number of ether oxygens (including phenoxy) is 1. The van der Waals surface area contributed by atoms with Crippen molar-refractivity contribution in [1.29, 1.82) is 0 Å². The molecule has 4 nitrogen and oxygen atoms in total. The SMILES string of the molecule is C.C=O.[B]n1cc(CC2=NC(C(C)C)CS2)c2ccc(OC)cc21. The van der Waals surface area contributed by atoms with E-state index in [0.717, 1.165) is 23.4 Å². The summed E-state index contributed by atoms with van der Waals surface area (Å²) >= 11 is 1.87. The van der Waals surface area contributed by atoms with E-state index in [2.05, 4.69) is 19.9 Å². The van der Waals surface area contributed by atoms with Gasteiger partial charge in [-0.25, -0.2) is 0 Å². The Balaban J connectivity index is 0.000000925. The minimum atomic E-state index is 0. The van der Waals surface area contributed by atoms with E-state index >= 15 is 0 Å². The number of nitrogens with zero attached hydrogens (tertiary/aromatic N) is 2. The van der Waals surface area contributed by atoms with Gasteiger partial charge in [0.05, 0.1) is 18.2 Å². The first kappa shape index (κ1) is 20.4. The Morgan fingerprint density at radius 3 is 2.75 bits per heavy atom. The molecule has 2 aromatic rings. The lowest BCUT2D eigenvalue weighted by molar-refractivity contribution is -0.0979. The van der Waals surface area contributed by atoms with Gasteiger partial charge in [-0.3, -0.25) is 4.99 Å². The van der Waals surface area contributed by atoms with E-state index in [9.17, 15) is 0 Å². The van der Waals surface area contributed by atoms with Gasteiger partial charge in [-0.2, -0.15) is 0 Å². The van der Waals surface area contributed by atoms with E-state index in [1.54, 1.807) is 11.6 Å².